The van der Waals surface area contributed by atoms with Crippen LogP contribution in [0.1, 0.15) is 29.9 Å². The van der Waals surface area contributed by atoms with Crippen molar-refractivity contribution in [1.82, 2.24) is 0 Å². The molecule has 20 heavy (non-hydrogen) atoms. The molecule has 0 heterocycles. The molecule has 0 unspecified atom stereocenters. The lowest BCUT2D eigenvalue weighted by molar-refractivity contribution is 0.363. The largest absolute Gasteiger partial charge is 0.382 e. The van der Waals surface area contributed by atoms with E-state index in [-0.39, 0.29) is 17.6 Å². The number of nitrogens with one attached hydrogen (secondary N) is 1. The first-order valence-electron chi connectivity index (χ1n) is 6.90. The molecular formula is C17H17F2N. The van der Waals surface area contributed by atoms with E-state index in [0.717, 1.165) is 24.1 Å². The first-order chi connectivity index (χ1) is 9.63. The molecule has 0 bridgehead atoms. The fourth-order valence-electron chi connectivity index (χ4n) is 2.77. The monoisotopic (exact) mass is 273 g/mol. The van der Waals surface area contributed by atoms with Gasteiger partial charge in [-0.3, -0.25) is 0 Å². The number of rotatable bonds is 3. The van der Waals surface area contributed by atoms with Gasteiger partial charge in [-0.1, -0.05) is 18.2 Å². The van der Waals surface area contributed by atoms with Crippen LogP contribution >= 0.6 is 0 Å². The van der Waals surface area contributed by atoms with Crippen molar-refractivity contribution in [3.63, 3.8) is 0 Å². The molecule has 0 spiro atoms. The van der Waals surface area contributed by atoms with Crippen LogP contribution in [0.2, 0.25) is 0 Å². The third kappa shape index (κ3) is 2.53. The fourth-order valence-corrected chi connectivity index (χ4v) is 2.77. The van der Waals surface area contributed by atoms with Crippen LogP contribution in [0.15, 0.2) is 42.5 Å². The molecule has 0 aromatic heterocycles. The Kier molecular flexibility index (Phi) is 3.43. The predicted octanol–water partition coefficient (Wildman–Crippen LogP) is 4.63. The summed E-state index contributed by atoms with van der Waals surface area (Å²) >= 11 is 0. The molecule has 3 heteroatoms. The first-order valence-corrected chi connectivity index (χ1v) is 6.90. The molecule has 0 saturated heterocycles. The summed E-state index contributed by atoms with van der Waals surface area (Å²) in [6.45, 7) is 1.75. The SMILES string of the molecule is Cc1cc(NC2CC(c3ccccc3F)C2)ccc1F. The standard InChI is InChI=1S/C17H17F2N/c1-11-8-13(6-7-16(11)18)20-14-9-12(10-14)15-4-2-3-5-17(15)19/h2-8,12,14,20H,9-10H2,1H3. The summed E-state index contributed by atoms with van der Waals surface area (Å²) in [5, 5.41) is 3.38. The van der Waals surface area contributed by atoms with Crippen LogP contribution in [0.4, 0.5) is 14.5 Å². The van der Waals surface area contributed by atoms with Crippen molar-refractivity contribution < 1.29 is 8.78 Å². The Balaban J connectivity index is 1.61. The average molecular weight is 273 g/mol. The number of hydrogen-bond acceptors (Lipinski definition) is 1. The van der Waals surface area contributed by atoms with Gasteiger partial charge in [-0.15, -0.1) is 0 Å². The van der Waals surface area contributed by atoms with Crippen LogP contribution in [0.25, 0.3) is 0 Å². The minimum absolute atomic E-state index is 0.117. The molecule has 0 aliphatic heterocycles. The summed E-state index contributed by atoms with van der Waals surface area (Å²) in [6.07, 6.45) is 1.83. The van der Waals surface area contributed by atoms with Crippen molar-refractivity contribution >= 4 is 5.69 Å². The molecule has 0 atom stereocenters. The Morgan fingerprint density at radius 3 is 2.45 bits per heavy atom. The van der Waals surface area contributed by atoms with Crippen molar-refractivity contribution in [1.29, 1.82) is 0 Å². The number of anilines is 1. The number of aryl methyl sites for hydroxylation is 1. The van der Waals surface area contributed by atoms with E-state index in [2.05, 4.69) is 5.32 Å². The van der Waals surface area contributed by atoms with E-state index in [1.807, 2.05) is 18.2 Å². The molecule has 1 fully saturated rings. The summed E-state index contributed by atoms with van der Waals surface area (Å²) in [4.78, 5) is 0. The van der Waals surface area contributed by atoms with E-state index in [1.165, 1.54) is 12.1 Å². The molecule has 2 aromatic rings. The first kappa shape index (κ1) is 13.1. The fraction of sp³-hybridized carbons (Fsp3) is 0.294. The van der Waals surface area contributed by atoms with Crippen molar-refractivity contribution in [2.24, 2.45) is 0 Å². The third-order valence-corrected chi connectivity index (χ3v) is 4.01. The van der Waals surface area contributed by atoms with E-state index in [9.17, 15) is 8.78 Å². The lowest BCUT2D eigenvalue weighted by Crippen LogP contribution is -2.34. The lowest BCUT2D eigenvalue weighted by Gasteiger charge is -2.37. The number of benzene rings is 2. The minimum Gasteiger partial charge on any atom is -0.382 e. The molecule has 1 nitrogen and oxygen atoms in total. The second-order valence-electron chi connectivity index (χ2n) is 5.50. The van der Waals surface area contributed by atoms with E-state index < -0.39 is 0 Å². The summed E-state index contributed by atoms with van der Waals surface area (Å²) in [5.74, 6) is -0.0165. The number of halogens is 2. The van der Waals surface area contributed by atoms with Crippen molar-refractivity contribution in [2.75, 3.05) is 5.32 Å². The van der Waals surface area contributed by atoms with Crippen LogP contribution in [0.5, 0.6) is 0 Å². The Morgan fingerprint density at radius 2 is 1.75 bits per heavy atom. The maximum atomic E-state index is 13.7. The zero-order valence-electron chi connectivity index (χ0n) is 11.4. The summed E-state index contributed by atoms with van der Waals surface area (Å²) in [6, 6.07) is 12.3. The minimum atomic E-state index is -0.187. The highest BCUT2D eigenvalue weighted by molar-refractivity contribution is 5.47. The molecule has 1 aliphatic carbocycles. The topological polar surface area (TPSA) is 12.0 Å². The van der Waals surface area contributed by atoms with Gasteiger partial charge in [-0.25, -0.2) is 8.78 Å². The summed E-state index contributed by atoms with van der Waals surface area (Å²) in [5.41, 5.74) is 2.38. The van der Waals surface area contributed by atoms with Gasteiger partial charge in [-0.05, 0) is 61.1 Å². The third-order valence-electron chi connectivity index (χ3n) is 4.01. The van der Waals surface area contributed by atoms with E-state index in [1.54, 1.807) is 19.1 Å². The van der Waals surface area contributed by atoms with Crippen LogP contribution in [0, 0.1) is 18.6 Å². The Morgan fingerprint density at radius 1 is 1.00 bits per heavy atom. The normalized spacial score (nSPS) is 21.4. The second kappa shape index (κ2) is 5.23. The van der Waals surface area contributed by atoms with Crippen LogP contribution in [-0.4, -0.2) is 6.04 Å². The zero-order valence-corrected chi connectivity index (χ0v) is 11.4. The highest BCUT2D eigenvalue weighted by Gasteiger charge is 2.31. The van der Waals surface area contributed by atoms with E-state index in [0.29, 0.717) is 11.6 Å². The molecule has 0 amide bonds. The van der Waals surface area contributed by atoms with Gasteiger partial charge < -0.3 is 5.32 Å². The highest BCUT2D eigenvalue weighted by Crippen LogP contribution is 2.39. The van der Waals surface area contributed by atoms with Gasteiger partial charge in [0.2, 0.25) is 0 Å². The highest BCUT2D eigenvalue weighted by atomic mass is 19.1. The molecule has 1 saturated carbocycles. The lowest BCUT2D eigenvalue weighted by atomic mass is 9.75. The quantitative estimate of drug-likeness (QED) is 0.859. The van der Waals surface area contributed by atoms with Gasteiger partial charge in [0, 0.05) is 11.7 Å². The second-order valence-corrected chi connectivity index (χ2v) is 5.50. The molecule has 104 valence electrons. The van der Waals surface area contributed by atoms with Gasteiger partial charge in [-0.2, -0.15) is 0 Å². The van der Waals surface area contributed by atoms with Crippen molar-refractivity contribution in [3.05, 3.63) is 65.2 Å². The zero-order chi connectivity index (χ0) is 14.1. The molecule has 1 aliphatic rings. The molecule has 0 radical (unpaired) electrons. The van der Waals surface area contributed by atoms with Crippen LogP contribution < -0.4 is 5.32 Å². The van der Waals surface area contributed by atoms with Gasteiger partial charge in [0.15, 0.2) is 0 Å². The molecule has 1 N–H and O–H groups in total. The maximum absolute atomic E-state index is 13.7. The van der Waals surface area contributed by atoms with Crippen LogP contribution in [-0.2, 0) is 0 Å². The van der Waals surface area contributed by atoms with Crippen molar-refractivity contribution in [3.8, 4) is 0 Å². The summed E-state index contributed by atoms with van der Waals surface area (Å²) in [7, 11) is 0. The van der Waals surface area contributed by atoms with Gasteiger partial charge in [0.1, 0.15) is 11.6 Å². The van der Waals surface area contributed by atoms with Gasteiger partial charge in [0.05, 0.1) is 0 Å². The number of hydrogen-bond donors (Lipinski definition) is 1. The molecule has 2 aromatic carbocycles. The Bertz CT molecular complexity index is 618. The molecule has 3 rings (SSSR count). The predicted molar refractivity (Wildman–Crippen MR) is 76.9 cm³/mol. The van der Waals surface area contributed by atoms with E-state index in [4.69, 9.17) is 0 Å². The Labute approximate surface area is 117 Å². The average Bonchev–Trinajstić information content (AvgIpc) is 2.39. The maximum Gasteiger partial charge on any atom is 0.126 e. The smallest absolute Gasteiger partial charge is 0.126 e. The molecular weight excluding hydrogens is 256 g/mol. The van der Waals surface area contributed by atoms with Gasteiger partial charge in [0.25, 0.3) is 0 Å². The Hall–Kier alpha value is -1.90. The van der Waals surface area contributed by atoms with Crippen molar-refractivity contribution in [2.45, 2.75) is 31.7 Å². The van der Waals surface area contributed by atoms with Crippen LogP contribution in [0.3, 0.4) is 0 Å². The van der Waals surface area contributed by atoms with E-state index >= 15 is 0 Å². The van der Waals surface area contributed by atoms with Gasteiger partial charge >= 0.3 is 0 Å². The summed E-state index contributed by atoms with van der Waals surface area (Å²) < 4.78 is 26.8.